The first kappa shape index (κ1) is 17.6. The number of alkyl halides is 3. The van der Waals surface area contributed by atoms with Crippen molar-refractivity contribution >= 4 is 29.5 Å². The number of nitrogens with two attached hydrogens (primary N) is 1. The third kappa shape index (κ3) is 5.37. The lowest BCUT2D eigenvalue weighted by molar-refractivity contribution is -0.206. The van der Waals surface area contributed by atoms with Crippen molar-refractivity contribution in [1.82, 2.24) is 5.32 Å². The van der Waals surface area contributed by atoms with Crippen LogP contribution in [0.25, 0.3) is 0 Å². The van der Waals surface area contributed by atoms with Crippen LogP contribution < -0.4 is 11.1 Å². The van der Waals surface area contributed by atoms with Crippen LogP contribution in [0.2, 0.25) is 0 Å². The standard InChI is InChI=1S/C9H13F3N2O4S/c1-8(7(17)18,9(10,11)12)14-6(16)2-3-19-4-5(13)15/h2-4H2,1H3,(H2,13,15)(H,14,16)(H,17,18). The molecule has 0 saturated carbocycles. The largest absolute Gasteiger partial charge is 0.479 e. The minimum Gasteiger partial charge on any atom is -0.479 e. The van der Waals surface area contributed by atoms with Crippen molar-refractivity contribution in [3.63, 3.8) is 0 Å². The van der Waals surface area contributed by atoms with E-state index in [-0.39, 0.29) is 17.9 Å². The summed E-state index contributed by atoms with van der Waals surface area (Å²) < 4.78 is 37.6. The molecule has 0 aliphatic rings. The van der Waals surface area contributed by atoms with Crippen LogP contribution in [0.15, 0.2) is 0 Å². The average Bonchev–Trinajstić information content (AvgIpc) is 2.22. The molecule has 1 unspecified atom stereocenters. The van der Waals surface area contributed by atoms with E-state index in [1.807, 2.05) is 0 Å². The maximum atomic E-state index is 12.5. The Bertz CT molecular complexity index is 375. The van der Waals surface area contributed by atoms with Crippen LogP contribution in [-0.2, 0) is 14.4 Å². The first-order valence-electron chi connectivity index (χ1n) is 4.98. The number of primary amides is 1. The number of carbonyl (C=O) groups excluding carboxylic acids is 2. The lowest BCUT2D eigenvalue weighted by Crippen LogP contribution is -2.61. The number of aliphatic carboxylic acids is 1. The molecular formula is C9H13F3N2O4S. The molecule has 0 aliphatic carbocycles. The highest BCUT2D eigenvalue weighted by Crippen LogP contribution is 2.30. The van der Waals surface area contributed by atoms with Gasteiger partial charge in [0.05, 0.1) is 5.75 Å². The second-order valence-corrected chi connectivity index (χ2v) is 4.85. The number of nitrogens with one attached hydrogen (secondary N) is 1. The number of hydrogen-bond acceptors (Lipinski definition) is 4. The molecule has 10 heteroatoms. The van der Waals surface area contributed by atoms with Gasteiger partial charge in [0.25, 0.3) is 0 Å². The minimum absolute atomic E-state index is 0.0579. The lowest BCUT2D eigenvalue weighted by atomic mass is 10.0. The van der Waals surface area contributed by atoms with Crippen molar-refractivity contribution in [2.75, 3.05) is 11.5 Å². The van der Waals surface area contributed by atoms with E-state index in [9.17, 15) is 27.6 Å². The summed E-state index contributed by atoms with van der Waals surface area (Å²) >= 11 is 0.968. The van der Waals surface area contributed by atoms with Crippen molar-refractivity contribution in [3.05, 3.63) is 0 Å². The zero-order valence-corrected chi connectivity index (χ0v) is 10.7. The number of carbonyl (C=O) groups is 3. The van der Waals surface area contributed by atoms with Crippen LogP contribution in [0.3, 0.4) is 0 Å². The number of amides is 2. The molecule has 0 aromatic carbocycles. The average molecular weight is 302 g/mol. The summed E-state index contributed by atoms with van der Waals surface area (Å²) in [5.41, 5.74) is 1.49. The smallest absolute Gasteiger partial charge is 0.422 e. The van der Waals surface area contributed by atoms with Crippen LogP contribution in [0.5, 0.6) is 0 Å². The van der Waals surface area contributed by atoms with Crippen LogP contribution >= 0.6 is 11.8 Å². The fourth-order valence-corrected chi connectivity index (χ4v) is 1.60. The van der Waals surface area contributed by atoms with Gasteiger partial charge in [0.1, 0.15) is 0 Å². The first-order valence-corrected chi connectivity index (χ1v) is 6.13. The molecule has 0 radical (unpaired) electrons. The Morgan fingerprint density at radius 1 is 1.32 bits per heavy atom. The predicted molar refractivity (Wildman–Crippen MR) is 61.4 cm³/mol. The number of rotatable bonds is 7. The Kier molecular flexibility index (Phi) is 6.13. The van der Waals surface area contributed by atoms with Crippen LogP contribution in [-0.4, -0.2) is 46.1 Å². The third-order valence-corrected chi connectivity index (χ3v) is 3.08. The molecule has 6 nitrogen and oxygen atoms in total. The fraction of sp³-hybridized carbons (Fsp3) is 0.667. The second-order valence-electron chi connectivity index (χ2n) is 3.74. The molecule has 0 saturated heterocycles. The summed E-state index contributed by atoms with van der Waals surface area (Å²) in [7, 11) is 0. The number of carboxylic acids is 1. The van der Waals surface area contributed by atoms with Crippen molar-refractivity contribution in [3.8, 4) is 0 Å². The van der Waals surface area contributed by atoms with Gasteiger partial charge in [-0.2, -0.15) is 24.9 Å². The van der Waals surface area contributed by atoms with Gasteiger partial charge in [0.2, 0.25) is 17.4 Å². The Morgan fingerprint density at radius 2 is 1.84 bits per heavy atom. The molecule has 110 valence electrons. The summed E-state index contributed by atoms with van der Waals surface area (Å²) in [6.07, 6.45) is -5.47. The fourth-order valence-electron chi connectivity index (χ4n) is 0.925. The summed E-state index contributed by atoms with van der Waals surface area (Å²) in [5, 5.41) is 9.99. The Morgan fingerprint density at radius 3 is 2.21 bits per heavy atom. The molecule has 0 heterocycles. The normalized spacial score (nSPS) is 14.5. The van der Waals surface area contributed by atoms with E-state index < -0.39 is 29.5 Å². The Hall–Kier alpha value is -1.45. The summed E-state index contributed by atoms with van der Waals surface area (Å²) in [6, 6.07) is 0. The minimum atomic E-state index is -5.12. The van der Waals surface area contributed by atoms with E-state index in [2.05, 4.69) is 0 Å². The molecule has 2 amide bonds. The van der Waals surface area contributed by atoms with Crippen LogP contribution in [0.1, 0.15) is 13.3 Å². The summed E-state index contributed by atoms with van der Waals surface area (Å²) in [4.78, 5) is 32.2. The van der Waals surface area contributed by atoms with E-state index in [1.54, 1.807) is 0 Å². The zero-order chi connectivity index (χ0) is 15.3. The molecular weight excluding hydrogens is 289 g/mol. The highest BCUT2D eigenvalue weighted by Gasteiger charge is 2.58. The van der Waals surface area contributed by atoms with Gasteiger partial charge in [-0.25, -0.2) is 4.79 Å². The third-order valence-electron chi connectivity index (χ3n) is 2.10. The number of carboxylic acid groups (broad SMARTS) is 1. The van der Waals surface area contributed by atoms with E-state index in [1.165, 1.54) is 5.32 Å². The monoisotopic (exact) mass is 302 g/mol. The SMILES string of the molecule is CC(NC(=O)CCSCC(N)=O)(C(=O)O)C(F)(F)F. The van der Waals surface area contributed by atoms with Gasteiger partial charge in [-0.05, 0) is 6.92 Å². The summed E-state index contributed by atoms with van der Waals surface area (Å²) in [5.74, 6) is -3.89. The van der Waals surface area contributed by atoms with Gasteiger partial charge in [-0.3, -0.25) is 9.59 Å². The molecule has 19 heavy (non-hydrogen) atoms. The highest BCUT2D eigenvalue weighted by atomic mass is 32.2. The molecule has 0 spiro atoms. The number of halogens is 3. The molecule has 0 aromatic heterocycles. The lowest BCUT2D eigenvalue weighted by Gasteiger charge is -2.28. The Labute approximate surface area is 110 Å². The Balaban J connectivity index is 4.43. The van der Waals surface area contributed by atoms with Crippen LogP contribution in [0.4, 0.5) is 13.2 Å². The second kappa shape index (κ2) is 6.64. The zero-order valence-electron chi connectivity index (χ0n) is 9.91. The quantitative estimate of drug-likeness (QED) is 0.579. The molecule has 0 aromatic rings. The number of hydrogen-bond donors (Lipinski definition) is 3. The van der Waals surface area contributed by atoms with Gasteiger partial charge in [0, 0.05) is 12.2 Å². The number of thioether (sulfide) groups is 1. The molecule has 4 N–H and O–H groups in total. The first-order chi connectivity index (χ1) is 8.50. The van der Waals surface area contributed by atoms with E-state index >= 15 is 0 Å². The van der Waals surface area contributed by atoms with Crippen molar-refractivity contribution < 1.29 is 32.7 Å². The van der Waals surface area contributed by atoms with Gasteiger partial charge < -0.3 is 16.2 Å². The van der Waals surface area contributed by atoms with E-state index in [0.717, 1.165) is 11.8 Å². The van der Waals surface area contributed by atoms with Crippen molar-refractivity contribution in [2.24, 2.45) is 5.73 Å². The van der Waals surface area contributed by atoms with Crippen LogP contribution in [0, 0.1) is 0 Å². The summed E-state index contributed by atoms with van der Waals surface area (Å²) in [6.45, 7) is 0.365. The van der Waals surface area contributed by atoms with E-state index in [0.29, 0.717) is 6.92 Å². The maximum Gasteiger partial charge on any atom is 0.422 e. The highest BCUT2D eigenvalue weighted by molar-refractivity contribution is 7.99. The topological polar surface area (TPSA) is 109 Å². The molecule has 0 rings (SSSR count). The van der Waals surface area contributed by atoms with E-state index in [4.69, 9.17) is 10.8 Å². The van der Waals surface area contributed by atoms with Crippen molar-refractivity contribution in [2.45, 2.75) is 25.1 Å². The molecule has 0 bridgehead atoms. The predicted octanol–water partition coefficient (Wildman–Crippen LogP) is 0.117. The van der Waals surface area contributed by atoms with Gasteiger partial charge >= 0.3 is 12.1 Å². The van der Waals surface area contributed by atoms with Gasteiger partial charge in [0.15, 0.2) is 0 Å². The van der Waals surface area contributed by atoms with Crippen molar-refractivity contribution in [1.29, 1.82) is 0 Å². The molecule has 1 atom stereocenters. The maximum absolute atomic E-state index is 12.5. The molecule has 0 fully saturated rings. The van der Waals surface area contributed by atoms with Gasteiger partial charge in [-0.1, -0.05) is 0 Å². The van der Waals surface area contributed by atoms with Gasteiger partial charge in [-0.15, -0.1) is 0 Å². The molecule has 0 aliphatic heterocycles.